The topological polar surface area (TPSA) is 41.6 Å². The number of hydrogen-bond donors (Lipinski definition) is 1. The third-order valence-corrected chi connectivity index (χ3v) is 2.98. The van der Waals surface area contributed by atoms with Crippen LogP contribution in [-0.2, 0) is 9.53 Å². The smallest absolute Gasteiger partial charge is 0.243 e. The molecule has 1 spiro atoms. The number of amides is 1. The van der Waals surface area contributed by atoms with Crippen LogP contribution < -0.4 is 5.32 Å². The first kappa shape index (κ1) is 9.93. The molecule has 1 aliphatic heterocycles. The van der Waals surface area contributed by atoms with Crippen LogP contribution in [0.2, 0.25) is 0 Å². The Morgan fingerprint density at radius 2 is 2.36 bits per heavy atom. The molecule has 1 saturated carbocycles. The van der Waals surface area contributed by atoms with E-state index in [2.05, 4.69) is 5.32 Å². The Morgan fingerprint density at radius 3 is 2.93 bits per heavy atom. The summed E-state index contributed by atoms with van der Waals surface area (Å²) >= 11 is 0. The average Bonchev–Trinajstić information content (AvgIpc) is 2.90. The van der Waals surface area contributed by atoms with Gasteiger partial charge >= 0.3 is 0 Å². The minimum absolute atomic E-state index is 0.133. The lowest BCUT2D eigenvalue weighted by atomic mass is 10.2. The van der Waals surface area contributed by atoms with Crippen LogP contribution >= 0.6 is 0 Å². The molecule has 1 heterocycles. The summed E-state index contributed by atoms with van der Waals surface area (Å²) in [6, 6.07) is 0. The second-order valence-electron chi connectivity index (χ2n) is 4.04. The quantitative estimate of drug-likeness (QED) is 0.647. The molecule has 0 aromatic rings. The lowest BCUT2D eigenvalue weighted by molar-refractivity contribution is -0.129. The molecule has 0 aromatic carbocycles. The molecule has 4 nitrogen and oxygen atoms in total. The van der Waals surface area contributed by atoms with E-state index in [9.17, 15) is 4.79 Å². The van der Waals surface area contributed by atoms with Crippen LogP contribution in [0.5, 0.6) is 0 Å². The summed E-state index contributed by atoms with van der Waals surface area (Å²) in [5.41, 5.74) is -0.133. The van der Waals surface area contributed by atoms with Gasteiger partial charge in [-0.2, -0.15) is 0 Å². The Hall–Kier alpha value is -0.610. The van der Waals surface area contributed by atoms with Gasteiger partial charge in [-0.05, 0) is 26.2 Å². The predicted molar refractivity (Wildman–Crippen MR) is 52.8 cm³/mol. The Labute approximate surface area is 84.6 Å². The summed E-state index contributed by atoms with van der Waals surface area (Å²) in [7, 11) is 0. The molecular formula is C10H18N2O2. The Bertz CT molecular complexity index is 226. The van der Waals surface area contributed by atoms with Crippen molar-refractivity contribution >= 4 is 5.91 Å². The number of nitrogens with zero attached hydrogens (tertiary/aromatic N) is 1. The molecule has 0 bridgehead atoms. The summed E-state index contributed by atoms with van der Waals surface area (Å²) in [6.07, 6.45) is 2.99. The first-order chi connectivity index (χ1) is 6.78. The van der Waals surface area contributed by atoms with Crippen molar-refractivity contribution in [3.05, 3.63) is 0 Å². The molecule has 80 valence electrons. The maximum absolute atomic E-state index is 11.8. The SMILES string of the molecule is CCOCCCN1CNC2(CC2)C1=O. The number of hydrogen-bond acceptors (Lipinski definition) is 3. The van der Waals surface area contributed by atoms with E-state index in [1.54, 1.807) is 0 Å². The average molecular weight is 198 g/mol. The minimum Gasteiger partial charge on any atom is -0.382 e. The standard InChI is InChI=1S/C10H18N2O2/c1-2-14-7-3-6-12-8-11-10(4-5-10)9(12)13/h11H,2-8H2,1H3. The third-order valence-electron chi connectivity index (χ3n) is 2.98. The van der Waals surface area contributed by atoms with Gasteiger partial charge in [-0.3, -0.25) is 10.1 Å². The molecule has 4 heteroatoms. The van der Waals surface area contributed by atoms with Gasteiger partial charge in [0, 0.05) is 19.8 Å². The van der Waals surface area contributed by atoms with Gasteiger partial charge in [-0.1, -0.05) is 0 Å². The van der Waals surface area contributed by atoms with Crippen molar-refractivity contribution in [2.24, 2.45) is 0 Å². The maximum Gasteiger partial charge on any atom is 0.243 e. The maximum atomic E-state index is 11.8. The number of nitrogens with one attached hydrogen (secondary N) is 1. The van der Waals surface area contributed by atoms with Gasteiger partial charge in [0.05, 0.1) is 12.2 Å². The van der Waals surface area contributed by atoms with E-state index < -0.39 is 0 Å². The lowest BCUT2D eigenvalue weighted by Gasteiger charge is -2.14. The summed E-state index contributed by atoms with van der Waals surface area (Å²) in [5.74, 6) is 0.300. The van der Waals surface area contributed by atoms with Gasteiger partial charge < -0.3 is 9.64 Å². The summed E-state index contributed by atoms with van der Waals surface area (Å²) < 4.78 is 5.24. The van der Waals surface area contributed by atoms with Crippen molar-refractivity contribution in [2.75, 3.05) is 26.4 Å². The second-order valence-corrected chi connectivity index (χ2v) is 4.04. The van der Waals surface area contributed by atoms with Gasteiger partial charge in [0.25, 0.3) is 0 Å². The number of carbonyl (C=O) groups excluding carboxylic acids is 1. The van der Waals surface area contributed by atoms with Crippen LogP contribution in [0.15, 0.2) is 0 Å². The van der Waals surface area contributed by atoms with Crippen LogP contribution in [0.25, 0.3) is 0 Å². The predicted octanol–water partition coefficient (Wildman–Crippen LogP) is 0.335. The van der Waals surface area contributed by atoms with E-state index in [1.807, 2.05) is 11.8 Å². The Morgan fingerprint density at radius 1 is 1.57 bits per heavy atom. The highest BCUT2D eigenvalue weighted by Gasteiger charge is 2.55. The molecule has 2 rings (SSSR count). The van der Waals surface area contributed by atoms with Crippen LogP contribution in [0.1, 0.15) is 26.2 Å². The van der Waals surface area contributed by atoms with Gasteiger partial charge in [0.15, 0.2) is 0 Å². The van der Waals surface area contributed by atoms with E-state index in [0.29, 0.717) is 5.91 Å². The second kappa shape index (κ2) is 3.87. The van der Waals surface area contributed by atoms with E-state index in [0.717, 1.165) is 45.7 Å². The molecule has 1 N–H and O–H groups in total. The molecule has 1 amide bonds. The van der Waals surface area contributed by atoms with E-state index in [4.69, 9.17) is 4.74 Å². The fourth-order valence-electron chi connectivity index (χ4n) is 1.89. The Kier molecular flexibility index (Phi) is 2.74. The normalized spacial score (nSPS) is 23.5. The van der Waals surface area contributed by atoms with Gasteiger partial charge in [-0.25, -0.2) is 0 Å². The van der Waals surface area contributed by atoms with E-state index in [1.165, 1.54) is 0 Å². The van der Waals surface area contributed by atoms with Crippen LogP contribution in [-0.4, -0.2) is 42.8 Å². The molecule has 1 saturated heterocycles. The van der Waals surface area contributed by atoms with Crippen molar-refractivity contribution in [2.45, 2.75) is 31.7 Å². The van der Waals surface area contributed by atoms with Gasteiger partial charge in [-0.15, -0.1) is 0 Å². The van der Waals surface area contributed by atoms with Crippen LogP contribution in [0.3, 0.4) is 0 Å². The first-order valence-electron chi connectivity index (χ1n) is 5.41. The van der Waals surface area contributed by atoms with Crippen LogP contribution in [0.4, 0.5) is 0 Å². The number of rotatable bonds is 5. The third kappa shape index (κ3) is 1.77. The lowest BCUT2D eigenvalue weighted by Crippen LogP contribution is -2.33. The molecule has 1 aliphatic carbocycles. The molecule has 2 fully saturated rings. The van der Waals surface area contributed by atoms with Gasteiger partial charge in [0.1, 0.15) is 0 Å². The summed E-state index contributed by atoms with van der Waals surface area (Å²) in [4.78, 5) is 13.7. The van der Waals surface area contributed by atoms with Gasteiger partial charge in [0.2, 0.25) is 5.91 Å². The zero-order valence-electron chi connectivity index (χ0n) is 8.71. The zero-order valence-corrected chi connectivity index (χ0v) is 8.71. The van der Waals surface area contributed by atoms with Crippen molar-refractivity contribution in [3.63, 3.8) is 0 Å². The highest BCUT2D eigenvalue weighted by atomic mass is 16.5. The molecule has 0 unspecified atom stereocenters. The molecule has 2 aliphatic rings. The summed E-state index contributed by atoms with van der Waals surface area (Å²) in [6.45, 7) is 5.06. The summed E-state index contributed by atoms with van der Waals surface area (Å²) in [5, 5.41) is 3.28. The molecule has 0 aromatic heterocycles. The largest absolute Gasteiger partial charge is 0.382 e. The van der Waals surface area contributed by atoms with Crippen molar-refractivity contribution in [1.29, 1.82) is 0 Å². The molecule has 0 atom stereocenters. The van der Waals surface area contributed by atoms with Crippen molar-refractivity contribution < 1.29 is 9.53 Å². The van der Waals surface area contributed by atoms with Crippen molar-refractivity contribution in [1.82, 2.24) is 10.2 Å². The fourth-order valence-corrected chi connectivity index (χ4v) is 1.89. The molecular weight excluding hydrogens is 180 g/mol. The molecule has 0 radical (unpaired) electrons. The number of ether oxygens (including phenoxy) is 1. The van der Waals surface area contributed by atoms with Crippen molar-refractivity contribution in [3.8, 4) is 0 Å². The van der Waals surface area contributed by atoms with Crippen LogP contribution in [0, 0.1) is 0 Å². The Balaban J connectivity index is 1.69. The zero-order chi connectivity index (χ0) is 10.0. The monoisotopic (exact) mass is 198 g/mol. The fraction of sp³-hybridized carbons (Fsp3) is 0.900. The first-order valence-corrected chi connectivity index (χ1v) is 5.41. The van der Waals surface area contributed by atoms with E-state index >= 15 is 0 Å². The minimum atomic E-state index is -0.133. The van der Waals surface area contributed by atoms with E-state index in [-0.39, 0.29) is 5.54 Å². The number of carbonyl (C=O) groups is 1. The highest BCUT2D eigenvalue weighted by Crippen LogP contribution is 2.39. The molecule has 14 heavy (non-hydrogen) atoms. The highest BCUT2D eigenvalue weighted by molar-refractivity contribution is 5.91.